The molecule has 1 rings (SSSR count). The van der Waals surface area contributed by atoms with E-state index in [1.165, 1.54) is 0 Å². The van der Waals surface area contributed by atoms with Crippen molar-refractivity contribution in [2.24, 2.45) is 5.92 Å². The number of carbonyl (C=O) groups is 1. The minimum absolute atomic E-state index is 0.0913. The topological polar surface area (TPSA) is 44.8 Å². The Balaban J connectivity index is 2.12. The smallest absolute Gasteiger partial charge is 0.308 e. The molecule has 0 N–H and O–H groups in total. The Hall–Kier alpha value is -0.610. The first-order valence-electron chi connectivity index (χ1n) is 4.10. The van der Waals surface area contributed by atoms with Gasteiger partial charge in [-0.3, -0.25) is 4.79 Å². The average molecular weight is 174 g/mol. The molecule has 0 saturated carbocycles. The summed E-state index contributed by atoms with van der Waals surface area (Å²) in [4.78, 5) is 11.0. The Kier molecular flexibility index (Phi) is 3.49. The number of ether oxygens (including phenoxy) is 3. The molecule has 1 heterocycles. The van der Waals surface area contributed by atoms with Crippen LogP contribution >= 0.6 is 0 Å². The van der Waals surface area contributed by atoms with E-state index < -0.39 is 0 Å². The van der Waals surface area contributed by atoms with Crippen LogP contribution in [0.5, 0.6) is 0 Å². The molecule has 0 bridgehead atoms. The van der Waals surface area contributed by atoms with Crippen LogP contribution in [0.15, 0.2) is 0 Å². The monoisotopic (exact) mass is 174 g/mol. The molecule has 0 atom stereocenters. The molecule has 1 saturated heterocycles. The standard InChI is InChI=1S/C8H14O4/c1-6(2)8(9)12-5-7-10-3-4-11-7/h6-7H,3-5H2,1-2H3. The van der Waals surface area contributed by atoms with E-state index in [1.807, 2.05) is 0 Å². The van der Waals surface area contributed by atoms with Crippen molar-refractivity contribution in [3.05, 3.63) is 0 Å². The molecule has 1 aliphatic rings. The number of hydrogen-bond donors (Lipinski definition) is 0. The van der Waals surface area contributed by atoms with Crippen molar-refractivity contribution in [2.45, 2.75) is 20.1 Å². The number of rotatable bonds is 3. The quantitative estimate of drug-likeness (QED) is 0.586. The number of hydrogen-bond acceptors (Lipinski definition) is 4. The van der Waals surface area contributed by atoms with Crippen molar-refractivity contribution in [1.82, 2.24) is 0 Å². The molecule has 70 valence electrons. The maximum atomic E-state index is 11.0. The molecule has 0 radical (unpaired) electrons. The highest BCUT2D eigenvalue weighted by molar-refractivity contribution is 5.71. The van der Waals surface area contributed by atoms with Gasteiger partial charge in [0.15, 0.2) is 6.29 Å². The van der Waals surface area contributed by atoms with E-state index in [2.05, 4.69) is 0 Å². The molecular formula is C8H14O4. The second-order valence-electron chi connectivity index (χ2n) is 2.96. The third kappa shape index (κ3) is 2.79. The van der Waals surface area contributed by atoms with Gasteiger partial charge in [-0.05, 0) is 0 Å². The van der Waals surface area contributed by atoms with E-state index in [9.17, 15) is 4.79 Å². The molecule has 4 nitrogen and oxygen atoms in total. The first-order valence-corrected chi connectivity index (χ1v) is 4.10. The van der Waals surface area contributed by atoms with Crippen molar-refractivity contribution in [2.75, 3.05) is 19.8 Å². The summed E-state index contributed by atoms with van der Waals surface area (Å²) >= 11 is 0. The molecule has 12 heavy (non-hydrogen) atoms. The van der Waals surface area contributed by atoms with Crippen LogP contribution in [0, 0.1) is 5.92 Å². The third-order valence-corrected chi connectivity index (χ3v) is 1.52. The van der Waals surface area contributed by atoms with Crippen molar-refractivity contribution in [3.63, 3.8) is 0 Å². The largest absolute Gasteiger partial charge is 0.460 e. The predicted molar refractivity (Wildman–Crippen MR) is 41.5 cm³/mol. The molecule has 1 aliphatic heterocycles. The SMILES string of the molecule is CC(C)C(=O)OCC1OCCO1. The van der Waals surface area contributed by atoms with E-state index in [0.29, 0.717) is 13.2 Å². The van der Waals surface area contributed by atoms with Crippen LogP contribution in [0.1, 0.15) is 13.8 Å². The van der Waals surface area contributed by atoms with Crippen LogP contribution in [0.2, 0.25) is 0 Å². The minimum Gasteiger partial charge on any atom is -0.460 e. The summed E-state index contributed by atoms with van der Waals surface area (Å²) in [5.74, 6) is -0.305. The molecule has 0 aromatic carbocycles. The second kappa shape index (κ2) is 4.42. The Labute approximate surface area is 71.8 Å². The van der Waals surface area contributed by atoms with Gasteiger partial charge in [-0.1, -0.05) is 13.8 Å². The van der Waals surface area contributed by atoms with Gasteiger partial charge in [-0.25, -0.2) is 0 Å². The zero-order valence-corrected chi connectivity index (χ0v) is 7.41. The highest BCUT2D eigenvalue weighted by Gasteiger charge is 2.18. The highest BCUT2D eigenvalue weighted by atomic mass is 16.7. The molecule has 0 amide bonds. The third-order valence-electron chi connectivity index (χ3n) is 1.52. The summed E-state index contributed by atoms with van der Waals surface area (Å²) in [6.07, 6.45) is -0.354. The molecule has 4 heteroatoms. The highest BCUT2D eigenvalue weighted by Crippen LogP contribution is 2.05. The van der Waals surface area contributed by atoms with Gasteiger partial charge in [0.2, 0.25) is 0 Å². The van der Waals surface area contributed by atoms with E-state index in [4.69, 9.17) is 14.2 Å². The molecule has 0 aliphatic carbocycles. The number of carbonyl (C=O) groups excluding carboxylic acids is 1. The zero-order valence-electron chi connectivity index (χ0n) is 7.41. The number of esters is 1. The van der Waals surface area contributed by atoms with E-state index in [0.717, 1.165) is 0 Å². The molecule has 0 aromatic heterocycles. The van der Waals surface area contributed by atoms with Gasteiger partial charge in [0.1, 0.15) is 6.61 Å². The van der Waals surface area contributed by atoms with Gasteiger partial charge >= 0.3 is 5.97 Å². The summed E-state index contributed by atoms with van der Waals surface area (Å²) in [6, 6.07) is 0. The summed E-state index contributed by atoms with van der Waals surface area (Å²) in [7, 11) is 0. The van der Waals surface area contributed by atoms with Crippen LogP contribution in [0.25, 0.3) is 0 Å². The van der Waals surface area contributed by atoms with E-state index in [1.54, 1.807) is 13.8 Å². The van der Waals surface area contributed by atoms with Crippen LogP contribution in [0.4, 0.5) is 0 Å². The van der Waals surface area contributed by atoms with Crippen LogP contribution in [-0.2, 0) is 19.0 Å². The molecule has 0 aromatic rings. The predicted octanol–water partition coefficient (Wildman–Crippen LogP) is 0.558. The maximum Gasteiger partial charge on any atom is 0.308 e. The summed E-state index contributed by atoms with van der Waals surface area (Å²) in [5.41, 5.74) is 0. The van der Waals surface area contributed by atoms with E-state index in [-0.39, 0.29) is 24.8 Å². The molecular weight excluding hydrogens is 160 g/mol. The Morgan fingerprint density at radius 2 is 2.08 bits per heavy atom. The average Bonchev–Trinajstić information content (AvgIpc) is 2.51. The second-order valence-corrected chi connectivity index (χ2v) is 2.96. The summed E-state index contributed by atoms with van der Waals surface area (Å²) in [5, 5.41) is 0. The van der Waals surface area contributed by atoms with E-state index >= 15 is 0 Å². The van der Waals surface area contributed by atoms with Gasteiger partial charge in [0.25, 0.3) is 0 Å². The Morgan fingerprint density at radius 3 is 2.58 bits per heavy atom. The first kappa shape index (κ1) is 9.48. The van der Waals surface area contributed by atoms with Gasteiger partial charge in [0.05, 0.1) is 19.1 Å². The normalized spacial score (nSPS) is 18.6. The lowest BCUT2D eigenvalue weighted by Gasteiger charge is -2.10. The molecule has 0 spiro atoms. The lowest BCUT2D eigenvalue weighted by Crippen LogP contribution is -2.21. The first-order chi connectivity index (χ1) is 5.70. The van der Waals surface area contributed by atoms with Crippen molar-refractivity contribution in [3.8, 4) is 0 Å². The Morgan fingerprint density at radius 1 is 1.50 bits per heavy atom. The van der Waals surface area contributed by atoms with Gasteiger partial charge in [0, 0.05) is 0 Å². The van der Waals surface area contributed by atoms with Crippen molar-refractivity contribution >= 4 is 5.97 Å². The zero-order chi connectivity index (χ0) is 8.97. The fourth-order valence-electron chi connectivity index (χ4n) is 0.820. The fraction of sp³-hybridized carbons (Fsp3) is 0.875. The van der Waals surface area contributed by atoms with Gasteiger partial charge in [-0.15, -0.1) is 0 Å². The van der Waals surface area contributed by atoms with Crippen LogP contribution in [-0.4, -0.2) is 32.1 Å². The van der Waals surface area contributed by atoms with Crippen LogP contribution in [0.3, 0.4) is 0 Å². The summed E-state index contributed by atoms with van der Waals surface area (Å²) in [6.45, 7) is 4.96. The lowest BCUT2D eigenvalue weighted by molar-refractivity contribution is -0.159. The lowest BCUT2D eigenvalue weighted by atomic mass is 10.2. The van der Waals surface area contributed by atoms with Crippen LogP contribution < -0.4 is 0 Å². The van der Waals surface area contributed by atoms with Gasteiger partial charge < -0.3 is 14.2 Å². The maximum absolute atomic E-state index is 11.0. The minimum atomic E-state index is -0.354. The Bertz CT molecular complexity index is 149. The fourth-order valence-corrected chi connectivity index (χ4v) is 0.820. The molecule has 1 fully saturated rings. The molecule has 0 unspecified atom stereocenters. The summed E-state index contributed by atoms with van der Waals surface area (Å²) < 4.78 is 15.1. The van der Waals surface area contributed by atoms with Gasteiger partial charge in [-0.2, -0.15) is 0 Å². The van der Waals surface area contributed by atoms with Crippen molar-refractivity contribution in [1.29, 1.82) is 0 Å². The van der Waals surface area contributed by atoms with Crippen molar-refractivity contribution < 1.29 is 19.0 Å².